The zero-order valence-corrected chi connectivity index (χ0v) is 10.6. The van der Waals surface area contributed by atoms with Crippen molar-refractivity contribution in [3.63, 3.8) is 0 Å². The van der Waals surface area contributed by atoms with Crippen LogP contribution in [0.25, 0.3) is 6.08 Å². The summed E-state index contributed by atoms with van der Waals surface area (Å²) < 4.78 is 0. The van der Waals surface area contributed by atoms with Crippen LogP contribution < -0.4 is 0 Å². The highest BCUT2D eigenvalue weighted by molar-refractivity contribution is 5.93. The Bertz CT molecular complexity index is 449. The van der Waals surface area contributed by atoms with Crippen molar-refractivity contribution in [3.05, 3.63) is 41.5 Å². The molecule has 0 atom stereocenters. The fourth-order valence-corrected chi connectivity index (χ4v) is 1.44. The van der Waals surface area contributed by atoms with Gasteiger partial charge in [0.2, 0.25) is 5.91 Å². The first kappa shape index (κ1) is 14.0. The molecule has 1 rings (SSSR count). The summed E-state index contributed by atoms with van der Waals surface area (Å²) in [6, 6.07) is 7.87. The molecule has 0 radical (unpaired) electrons. The minimum absolute atomic E-state index is 0.294. The van der Waals surface area contributed by atoms with Crippen LogP contribution in [-0.4, -0.2) is 35.5 Å². The van der Waals surface area contributed by atoms with Gasteiger partial charge in [-0.3, -0.25) is 9.59 Å². The molecule has 4 heteroatoms. The highest BCUT2D eigenvalue weighted by Crippen LogP contribution is 2.06. The summed E-state index contributed by atoms with van der Waals surface area (Å²) in [4.78, 5) is 23.1. The van der Waals surface area contributed by atoms with Crippen molar-refractivity contribution in [2.75, 3.05) is 13.6 Å². The van der Waals surface area contributed by atoms with Crippen LogP contribution in [0.4, 0.5) is 0 Å². The van der Waals surface area contributed by atoms with Gasteiger partial charge in [0.25, 0.3) is 0 Å². The highest BCUT2D eigenvalue weighted by Gasteiger charge is 2.08. The number of likely N-dealkylation sites (N-methyl/N-ethyl adjacent to an activating group) is 1. The van der Waals surface area contributed by atoms with Gasteiger partial charge >= 0.3 is 5.97 Å². The summed E-state index contributed by atoms with van der Waals surface area (Å²) in [5.74, 6) is -1.34. The lowest BCUT2D eigenvalue weighted by atomic mass is 10.1. The summed E-state index contributed by atoms with van der Waals surface area (Å²) >= 11 is 0. The van der Waals surface area contributed by atoms with Crippen LogP contribution in [0.2, 0.25) is 0 Å². The summed E-state index contributed by atoms with van der Waals surface area (Å²) in [5.41, 5.74) is 2.16. The third-order valence-corrected chi connectivity index (χ3v) is 2.55. The molecule has 0 aliphatic carbocycles. The topological polar surface area (TPSA) is 57.6 Å². The van der Waals surface area contributed by atoms with Crippen LogP contribution in [0, 0.1) is 0 Å². The van der Waals surface area contributed by atoms with E-state index < -0.39 is 5.97 Å². The fraction of sp³-hybridized carbons (Fsp3) is 0.286. The third kappa shape index (κ3) is 4.41. The van der Waals surface area contributed by atoms with Crippen LogP contribution in [-0.2, 0) is 16.0 Å². The van der Waals surface area contributed by atoms with E-state index >= 15 is 0 Å². The van der Waals surface area contributed by atoms with Crippen molar-refractivity contribution in [1.82, 2.24) is 4.90 Å². The molecule has 0 spiro atoms. The summed E-state index contributed by atoms with van der Waals surface area (Å²) in [6.45, 7) is 1.78. The normalized spacial score (nSPS) is 10.6. The van der Waals surface area contributed by atoms with E-state index in [9.17, 15) is 9.59 Å². The maximum absolute atomic E-state index is 11.6. The van der Waals surface area contributed by atoms with Crippen molar-refractivity contribution < 1.29 is 14.7 Å². The van der Waals surface area contributed by atoms with Gasteiger partial charge in [0.05, 0.1) is 0 Å². The molecule has 0 heterocycles. The number of carbonyl (C=O) groups excluding carboxylic acids is 1. The molecule has 18 heavy (non-hydrogen) atoms. The first-order chi connectivity index (χ1) is 8.52. The molecule has 0 saturated carbocycles. The van der Waals surface area contributed by atoms with E-state index in [2.05, 4.69) is 6.92 Å². The Morgan fingerprint density at radius 3 is 2.39 bits per heavy atom. The molecule has 0 aliphatic rings. The quantitative estimate of drug-likeness (QED) is 0.807. The summed E-state index contributed by atoms with van der Waals surface area (Å²) in [7, 11) is 1.46. The number of carboxylic acid groups (broad SMARTS) is 1. The molecule has 0 saturated heterocycles. The Morgan fingerprint density at radius 1 is 1.28 bits per heavy atom. The molecule has 4 nitrogen and oxygen atoms in total. The smallest absolute Gasteiger partial charge is 0.323 e. The van der Waals surface area contributed by atoms with Gasteiger partial charge in [0, 0.05) is 13.1 Å². The van der Waals surface area contributed by atoms with E-state index in [1.807, 2.05) is 24.3 Å². The number of hydrogen-bond acceptors (Lipinski definition) is 2. The number of aliphatic carboxylic acids is 1. The number of benzene rings is 1. The van der Waals surface area contributed by atoms with Crippen LogP contribution in [0.5, 0.6) is 0 Å². The van der Waals surface area contributed by atoms with Crippen LogP contribution in [0.15, 0.2) is 30.3 Å². The Kier molecular flexibility index (Phi) is 5.11. The molecular formula is C14H17NO3. The molecule has 0 unspecified atom stereocenters. The van der Waals surface area contributed by atoms with E-state index in [0.29, 0.717) is 0 Å². The number of rotatable bonds is 5. The molecule has 0 aliphatic heterocycles. The largest absolute Gasteiger partial charge is 0.480 e. The first-order valence-electron chi connectivity index (χ1n) is 5.77. The van der Waals surface area contributed by atoms with E-state index in [1.165, 1.54) is 18.7 Å². The van der Waals surface area contributed by atoms with Crippen LogP contribution >= 0.6 is 0 Å². The average Bonchev–Trinajstić information content (AvgIpc) is 2.35. The molecular weight excluding hydrogens is 230 g/mol. The lowest BCUT2D eigenvalue weighted by Crippen LogP contribution is -2.30. The van der Waals surface area contributed by atoms with Gasteiger partial charge in [-0.05, 0) is 23.6 Å². The number of hydrogen-bond donors (Lipinski definition) is 1. The maximum atomic E-state index is 11.6. The molecule has 96 valence electrons. The lowest BCUT2D eigenvalue weighted by molar-refractivity contribution is -0.141. The Balaban J connectivity index is 2.62. The Hall–Kier alpha value is -2.10. The lowest BCUT2D eigenvalue weighted by Gasteiger charge is -2.11. The molecule has 0 fully saturated rings. The Morgan fingerprint density at radius 2 is 1.89 bits per heavy atom. The van der Waals surface area contributed by atoms with Gasteiger partial charge in [-0.25, -0.2) is 0 Å². The van der Waals surface area contributed by atoms with Crippen molar-refractivity contribution in [3.8, 4) is 0 Å². The van der Waals surface area contributed by atoms with Crippen molar-refractivity contribution in [1.29, 1.82) is 0 Å². The first-order valence-corrected chi connectivity index (χ1v) is 5.77. The zero-order chi connectivity index (χ0) is 13.5. The minimum Gasteiger partial charge on any atom is -0.480 e. The predicted molar refractivity (Wildman–Crippen MR) is 70.1 cm³/mol. The van der Waals surface area contributed by atoms with Gasteiger partial charge in [-0.15, -0.1) is 0 Å². The number of aryl methyl sites for hydroxylation is 1. The highest BCUT2D eigenvalue weighted by atomic mass is 16.4. The van der Waals surface area contributed by atoms with E-state index in [-0.39, 0.29) is 12.5 Å². The predicted octanol–water partition coefficient (Wildman–Crippen LogP) is 1.81. The second kappa shape index (κ2) is 6.59. The van der Waals surface area contributed by atoms with Crippen molar-refractivity contribution in [2.24, 2.45) is 0 Å². The standard InChI is InChI=1S/C14H17NO3/c1-3-11-4-6-12(7-5-11)8-9-13(16)15(2)10-14(17)18/h4-9H,3,10H2,1-2H3,(H,17,18)/b9-8+. The maximum Gasteiger partial charge on any atom is 0.323 e. The van der Waals surface area contributed by atoms with E-state index in [1.54, 1.807) is 6.08 Å². The molecule has 0 bridgehead atoms. The van der Waals surface area contributed by atoms with Crippen molar-refractivity contribution in [2.45, 2.75) is 13.3 Å². The third-order valence-electron chi connectivity index (χ3n) is 2.55. The van der Waals surface area contributed by atoms with Crippen LogP contribution in [0.1, 0.15) is 18.1 Å². The molecule has 1 aromatic rings. The van der Waals surface area contributed by atoms with Gasteiger partial charge in [0.15, 0.2) is 0 Å². The second-order valence-corrected chi connectivity index (χ2v) is 4.02. The van der Waals surface area contributed by atoms with Gasteiger partial charge < -0.3 is 10.0 Å². The van der Waals surface area contributed by atoms with Crippen molar-refractivity contribution >= 4 is 18.0 Å². The van der Waals surface area contributed by atoms with E-state index in [4.69, 9.17) is 5.11 Å². The number of carbonyl (C=O) groups is 2. The van der Waals surface area contributed by atoms with E-state index in [0.717, 1.165) is 16.9 Å². The molecule has 1 amide bonds. The minimum atomic E-state index is -1.02. The SMILES string of the molecule is CCc1ccc(/C=C/C(=O)N(C)CC(=O)O)cc1. The van der Waals surface area contributed by atoms with Gasteiger partial charge in [0.1, 0.15) is 6.54 Å². The summed E-state index contributed by atoms with van der Waals surface area (Å²) in [6.07, 6.45) is 4.04. The zero-order valence-electron chi connectivity index (χ0n) is 10.6. The molecule has 1 N–H and O–H groups in total. The monoisotopic (exact) mass is 247 g/mol. The second-order valence-electron chi connectivity index (χ2n) is 4.02. The fourth-order valence-electron chi connectivity index (χ4n) is 1.44. The molecule has 0 aromatic heterocycles. The van der Waals surface area contributed by atoms with Crippen LogP contribution in [0.3, 0.4) is 0 Å². The summed E-state index contributed by atoms with van der Waals surface area (Å²) in [5, 5.41) is 8.56. The number of amides is 1. The Labute approximate surface area is 107 Å². The average molecular weight is 247 g/mol. The number of carboxylic acids is 1. The van der Waals surface area contributed by atoms with Gasteiger partial charge in [-0.1, -0.05) is 31.2 Å². The molecule has 1 aromatic carbocycles. The van der Waals surface area contributed by atoms with Gasteiger partial charge in [-0.2, -0.15) is 0 Å². The number of nitrogens with zero attached hydrogens (tertiary/aromatic N) is 1.